The molecule has 0 aliphatic heterocycles. The summed E-state index contributed by atoms with van der Waals surface area (Å²) in [4.78, 5) is 8.92. The van der Waals surface area contributed by atoms with E-state index in [2.05, 4.69) is 30.7 Å². The van der Waals surface area contributed by atoms with Gasteiger partial charge in [0.15, 0.2) is 11.6 Å². The van der Waals surface area contributed by atoms with Crippen LogP contribution in [0.5, 0.6) is 11.5 Å². The summed E-state index contributed by atoms with van der Waals surface area (Å²) in [5, 5.41) is 0. The van der Waals surface area contributed by atoms with Crippen LogP contribution in [-0.4, -0.2) is 23.2 Å². The Morgan fingerprint density at radius 2 is 1.29 bits per heavy atom. The van der Waals surface area contributed by atoms with Gasteiger partial charge in [-0.1, -0.05) is 78.6 Å². The van der Waals surface area contributed by atoms with Crippen LogP contribution in [0, 0.1) is 5.92 Å². The molecule has 1 aromatic carbocycles. The molecule has 2 aromatic rings. The first kappa shape index (κ1) is 25.2. The van der Waals surface area contributed by atoms with Crippen molar-refractivity contribution in [1.82, 2.24) is 9.97 Å². The average Bonchev–Trinajstić information content (AvgIpc) is 2.81. The summed E-state index contributed by atoms with van der Waals surface area (Å²) in [5.74, 6) is 3.20. The second-order valence-corrected chi connectivity index (χ2v) is 8.59. The van der Waals surface area contributed by atoms with E-state index in [1.54, 1.807) is 12.4 Å². The number of unbranched alkanes of at least 4 members (excludes halogenated alkanes) is 7. The average molecular weight is 427 g/mol. The van der Waals surface area contributed by atoms with Crippen LogP contribution in [0.1, 0.15) is 91.4 Å². The summed E-state index contributed by atoms with van der Waals surface area (Å²) in [5.41, 5.74) is 0.989. The number of benzene rings is 1. The molecule has 1 atom stereocenters. The predicted octanol–water partition coefficient (Wildman–Crippen LogP) is 7.87. The van der Waals surface area contributed by atoms with Crippen LogP contribution in [0.25, 0.3) is 11.4 Å². The molecule has 0 aliphatic rings. The minimum absolute atomic E-state index is 0.712. The van der Waals surface area contributed by atoms with Crippen LogP contribution in [-0.2, 0) is 0 Å². The van der Waals surface area contributed by atoms with Gasteiger partial charge in [-0.15, -0.1) is 0 Å². The predicted molar refractivity (Wildman–Crippen MR) is 130 cm³/mol. The zero-order chi connectivity index (χ0) is 22.2. The van der Waals surface area contributed by atoms with Crippen molar-refractivity contribution in [2.45, 2.75) is 91.4 Å². The van der Waals surface area contributed by atoms with E-state index in [0.717, 1.165) is 49.0 Å². The summed E-state index contributed by atoms with van der Waals surface area (Å²) < 4.78 is 11.6. The number of nitrogens with zero attached hydrogens (tertiary/aromatic N) is 2. The minimum Gasteiger partial charge on any atom is -0.494 e. The topological polar surface area (TPSA) is 44.2 Å². The molecule has 1 heterocycles. The summed E-state index contributed by atoms with van der Waals surface area (Å²) in [6, 6.07) is 8.04. The van der Waals surface area contributed by atoms with E-state index in [-0.39, 0.29) is 0 Å². The molecule has 0 amide bonds. The van der Waals surface area contributed by atoms with Gasteiger partial charge in [0.2, 0.25) is 0 Å². The molecule has 2 rings (SSSR count). The lowest BCUT2D eigenvalue weighted by Gasteiger charge is -2.09. The minimum atomic E-state index is 0.712. The number of hydrogen-bond donors (Lipinski definition) is 0. The third kappa shape index (κ3) is 10.7. The molecule has 0 saturated carbocycles. The van der Waals surface area contributed by atoms with Crippen molar-refractivity contribution >= 4 is 0 Å². The summed E-state index contributed by atoms with van der Waals surface area (Å²) in [6.45, 7) is 8.35. The number of hydrogen-bond acceptors (Lipinski definition) is 4. The largest absolute Gasteiger partial charge is 0.494 e. The first-order chi connectivity index (χ1) is 15.2. The molecular formula is C27H42N2O2. The first-order valence-electron chi connectivity index (χ1n) is 12.4. The SMILES string of the molecule is CCCCCCCCOc1cnc(-c2ccc(OCCCCCC(C)CC)cc2)nc1. The third-order valence-electron chi connectivity index (χ3n) is 5.81. The Morgan fingerprint density at radius 3 is 1.94 bits per heavy atom. The van der Waals surface area contributed by atoms with Crippen LogP contribution in [0.4, 0.5) is 0 Å². The van der Waals surface area contributed by atoms with Crippen molar-refractivity contribution in [1.29, 1.82) is 0 Å². The Labute approximate surface area is 189 Å². The highest BCUT2D eigenvalue weighted by atomic mass is 16.5. The van der Waals surface area contributed by atoms with Gasteiger partial charge < -0.3 is 9.47 Å². The maximum atomic E-state index is 5.87. The fraction of sp³-hybridized carbons (Fsp3) is 0.630. The van der Waals surface area contributed by atoms with Gasteiger partial charge in [-0.05, 0) is 43.0 Å². The Hall–Kier alpha value is -2.10. The van der Waals surface area contributed by atoms with E-state index in [0.29, 0.717) is 5.82 Å². The molecule has 1 unspecified atom stereocenters. The second kappa shape index (κ2) is 15.7. The zero-order valence-electron chi connectivity index (χ0n) is 19.9. The molecule has 0 bridgehead atoms. The highest BCUT2D eigenvalue weighted by molar-refractivity contribution is 5.56. The van der Waals surface area contributed by atoms with E-state index in [1.165, 1.54) is 57.8 Å². The summed E-state index contributed by atoms with van der Waals surface area (Å²) in [6.07, 6.45) is 17.4. The highest BCUT2D eigenvalue weighted by Crippen LogP contribution is 2.21. The standard InChI is InChI=1S/C27H42N2O2/c1-4-6-7-8-9-12-20-31-26-21-28-27(29-22-26)24-15-17-25(18-16-24)30-19-13-10-11-14-23(3)5-2/h15-18,21-23H,4-14,19-20H2,1-3H3. The number of ether oxygens (including phenoxy) is 2. The van der Waals surface area contributed by atoms with Crippen LogP contribution >= 0.6 is 0 Å². The molecule has 0 spiro atoms. The maximum absolute atomic E-state index is 5.87. The molecule has 4 heteroatoms. The lowest BCUT2D eigenvalue weighted by molar-refractivity contribution is 0.302. The van der Waals surface area contributed by atoms with Crippen molar-refractivity contribution in [3.05, 3.63) is 36.7 Å². The lowest BCUT2D eigenvalue weighted by atomic mass is 10.0. The number of aromatic nitrogens is 2. The van der Waals surface area contributed by atoms with Crippen LogP contribution < -0.4 is 9.47 Å². The third-order valence-corrected chi connectivity index (χ3v) is 5.81. The van der Waals surface area contributed by atoms with Gasteiger partial charge in [-0.25, -0.2) is 9.97 Å². The Kier molecular flexibility index (Phi) is 12.7. The molecule has 1 aromatic heterocycles. The fourth-order valence-electron chi connectivity index (χ4n) is 3.48. The van der Waals surface area contributed by atoms with Crippen LogP contribution in [0.2, 0.25) is 0 Å². The molecular weight excluding hydrogens is 384 g/mol. The first-order valence-corrected chi connectivity index (χ1v) is 12.4. The smallest absolute Gasteiger partial charge is 0.159 e. The Morgan fingerprint density at radius 1 is 0.710 bits per heavy atom. The summed E-state index contributed by atoms with van der Waals surface area (Å²) in [7, 11) is 0. The normalized spacial score (nSPS) is 12.0. The molecule has 4 nitrogen and oxygen atoms in total. The Bertz CT molecular complexity index is 685. The molecule has 0 radical (unpaired) electrons. The van der Waals surface area contributed by atoms with Crippen LogP contribution in [0.3, 0.4) is 0 Å². The molecule has 0 N–H and O–H groups in total. The van der Waals surface area contributed by atoms with Gasteiger partial charge in [-0.3, -0.25) is 0 Å². The van der Waals surface area contributed by atoms with Gasteiger partial charge in [-0.2, -0.15) is 0 Å². The Balaban J connectivity index is 1.65. The lowest BCUT2D eigenvalue weighted by Crippen LogP contribution is -1.99. The van der Waals surface area contributed by atoms with Crippen molar-refractivity contribution in [2.75, 3.05) is 13.2 Å². The van der Waals surface area contributed by atoms with Gasteiger partial charge in [0, 0.05) is 5.56 Å². The highest BCUT2D eigenvalue weighted by Gasteiger charge is 2.04. The van der Waals surface area contributed by atoms with E-state index in [1.807, 2.05) is 24.3 Å². The van der Waals surface area contributed by atoms with E-state index < -0.39 is 0 Å². The molecule has 31 heavy (non-hydrogen) atoms. The van der Waals surface area contributed by atoms with Gasteiger partial charge in [0.25, 0.3) is 0 Å². The van der Waals surface area contributed by atoms with Crippen molar-refractivity contribution in [3.63, 3.8) is 0 Å². The number of rotatable bonds is 17. The maximum Gasteiger partial charge on any atom is 0.159 e. The van der Waals surface area contributed by atoms with E-state index in [9.17, 15) is 0 Å². The quantitative estimate of drug-likeness (QED) is 0.241. The van der Waals surface area contributed by atoms with Gasteiger partial charge >= 0.3 is 0 Å². The van der Waals surface area contributed by atoms with E-state index in [4.69, 9.17) is 9.47 Å². The molecule has 0 aliphatic carbocycles. The monoisotopic (exact) mass is 426 g/mol. The van der Waals surface area contributed by atoms with Crippen LogP contribution in [0.15, 0.2) is 36.7 Å². The van der Waals surface area contributed by atoms with E-state index >= 15 is 0 Å². The van der Waals surface area contributed by atoms with Crippen molar-refractivity contribution in [3.8, 4) is 22.9 Å². The molecule has 172 valence electrons. The second-order valence-electron chi connectivity index (χ2n) is 8.59. The molecule has 0 fully saturated rings. The van der Waals surface area contributed by atoms with Gasteiger partial charge in [0.05, 0.1) is 25.6 Å². The fourth-order valence-corrected chi connectivity index (χ4v) is 3.48. The zero-order valence-corrected chi connectivity index (χ0v) is 19.9. The van der Waals surface area contributed by atoms with Gasteiger partial charge in [0.1, 0.15) is 5.75 Å². The van der Waals surface area contributed by atoms with Crippen molar-refractivity contribution < 1.29 is 9.47 Å². The summed E-state index contributed by atoms with van der Waals surface area (Å²) >= 11 is 0. The molecule has 0 saturated heterocycles. The van der Waals surface area contributed by atoms with Crippen molar-refractivity contribution in [2.24, 2.45) is 5.92 Å².